The van der Waals surface area contributed by atoms with E-state index in [2.05, 4.69) is 0 Å². The van der Waals surface area contributed by atoms with Crippen molar-refractivity contribution in [3.8, 4) is 0 Å². The lowest BCUT2D eigenvalue weighted by Crippen LogP contribution is -2.28. The first-order valence-corrected chi connectivity index (χ1v) is 8.44. The molecule has 106 valence electrons. The number of hydrogen-bond acceptors (Lipinski definition) is 5. The lowest BCUT2D eigenvalue weighted by molar-refractivity contribution is -0.135. The fourth-order valence-corrected chi connectivity index (χ4v) is 4.44. The first kappa shape index (κ1) is 14.8. The molecular formula is C13H13NO4S2. The van der Waals surface area contributed by atoms with E-state index >= 15 is 0 Å². The van der Waals surface area contributed by atoms with Gasteiger partial charge in [0.15, 0.2) is 4.91 Å². The molecule has 1 heterocycles. The molecule has 1 aliphatic heterocycles. The lowest BCUT2D eigenvalue weighted by Gasteiger charge is -2.07. The van der Waals surface area contributed by atoms with Crippen LogP contribution in [0.5, 0.6) is 0 Å². The van der Waals surface area contributed by atoms with Crippen LogP contribution in [0, 0.1) is 6.92 Å². The number of carbonyl (C=O) groups is 2. The molecule has 0 radical (unpaired) electrons. The number of benzene rings is 1. The minimum atomic E-state index is -3.98. The van der Waals surface area contributed by atoms with E-state index in [1.165, 1.54) is 19.2 Å². The molecule has 0 N–H and O–H groups in total. The molecule has 7 heteroatoms. The number of amides is 2. The van der Waals surface area contributed by atoms with Crippen molar-refractivity contribution in [2.24, 2.45) is 0 Å². The molecule has 1 aliphatic rings. The van der Waals surface area contributed by atoms with Crippen molar-refractivity contribution >= 4 is 33.4 Å². The van der Waals surface area contributed by atoms with Crippen molar-refractivity contribution in [2.45, 2.75) is 11.8 Å². The number of rotatable bonds is 3. The third kappa shape index (κ3) is 2.16. The van der Waals surface area contributed by atoms with E-state index in [9.17, 15) is 18.0 Å². The van der Waals surface area contributed by atoms with Gasteiger partial charge in [-0.05, 0) is 25.3 Å². The Kier molecular flexibility index (Phi) is 3.75. The number of aryl methyl sites for hydroxylation is 1. The van der Waals surface area contributed by atoms with Crippen LogP contribution in [0.4, 0.5) is 0 Å². The van der Waals surface area contributed by atoms with Crippen molar-refractivity contribution < 1.29 is 18.0 Å². The summed E-state index contributed by atoms with van der Waals surface area (Å²) in [4.78, 5) is 24.3. The summed E-state index contributed by atoms with van der Waals surface area (Å²) >= 11 is 0.969. The summed E-state index contributed by atoms with van der Waals surface area (Å²) < 4.78 is 25.1. The second-order valence-corrected chi connectivity index (χ2v) is 7.05. The fourth-order valence-electron chi connectivity index (χ4n) is 1.84. The highest BCUT2D eigenvalue weighted by Gasteiger charge is 2.43. The Morgan fingerprint density at radius 1 is 1.05 bits per heavy atom. The fraction of sp³-hybridized carbons (Fsp3) is 0.231. The van der Waals surface area contributed by atoms with E-state index in [0.717, 1.165) is 22.2 Å². The predicted octanol–water partition coefficient (Wildman–Crippen LogP) is 1.34. The molecule has 1 aromatic carbocycles. The van der Waals surface area contributed by atoms with E-state index in [4.69, 9.17) is 0 Å². The summed E-state index contributed by atoms with van der Waals surface area (Å²) in [6, 6.07) is 6.17. The third-order valence-electron chi connectivity index (χ3n) is 3.01. The zero-order valence-corrected chi connectivity index (χ0v) is 12.8. The second kappa shape index (κ2) is 5.06. The van der Waals surface area contributed by atoms with Gasteiger partial charge in [-0.1, -0.05) is 17.7 Å². The van der Waals surface area contributed by atoms with Crippen molar-refractivity contribution in [1.82, 2.24) is 4.90 Å². The normalized spacial score (nSPS) is 16.2. The highest BCUT2D eigenvalue weighted by molar-refractivity contribution is 8.05. The van der Waals surface area contributed by atoms with E-state index < -0.39 is 26.6 Å². The van der Waals surface area contributed by atoms with Gasteiger partial charge < -0.3 is 0 Å². The van der Waals surface area contributed by atoms with Crippen LogP contribution < -0.4 is 0 Å². The number of carbonyl (C=O) groups excluding carboxylic acids is 2. The Hall–Kier alpha value is -1.60. The summed E-state index contributed by atoms with van der Waals surface area (Å²) in [6.45, 7) is 1.83. The summed E-state index contributed by atoms with van der Waals surface area (Å²) in [6.07, 6.45) is 1.57. The number of nitrogens with zero attached hydrogens (tertiary/aromatic N) is 1. The van der Waals surface area contributed by atoms with Crippen LogP contribution in [-0.2, 0) is 19.4 Å². The van der Waals surface area contributed by atoms with Gasteiger partial charge in [0.25, 0.3) is 11.8 Å². The van der Waals surface area contributed by atoms with Gasteiger partial charge in [0.05, 0.1) is 9.80 Å². The Labute approximate surface area is 121 Å². The molecule has 2 rings (SSSR count). The molecule has 0 aromatic heterocycles. The molecule has 0 saturated carbocycles. The maximum atomic E-state index is 12.5. The van der Waals surface area contributed by atoms with Crippen LogP contribution in [0.1, 0.15) is 5.56 Å². The van der Waals surface area contributed by atoms with Crippen LogP contribution in [0.2, 0.25) is 0 Å². The highest BCUT2D eigenvalue weighted by Crippen LogP contribution is 2.34. The van der Waals surface area contributed by atoms with Crippen LogP contribution >= 0.6 is 11.8 Å². The molecule has 20 heavy (non-hydrogen) atoms. The molecule has 0 unspecified atom stereocenters. The van der Waals surface area contributed by atoms with Crippen LogP contribution in [0.3, 0.4) is 0 Å². The van der Waals surface area contributed by atoms with Gasteiger partial charge in [-0.2, -0.15) is 0 Å². The van der Waals surface area contributed by atoms with Crippen molar-refractivity contribution in [1.29, 1.82) is 0 Å². The number of likely N-dealkylation sites (N-methyl/N-ethyl adjacent to an activating group) is 1. The smallest absolute Gasteiger partial charge is 0.273 e. The maximum Gasteiger partial charge on any atom is 0.273 e. The van der Waals surface area contributed by atoms with Gasteiger partial charge in [0, 0.05) is 7.05 Å². The molecule has 0 atom stereocenters. The minimum Gasteiger partial charge on any atom is -0.276 e. The maximum absolute atomic E-state index is 12.5. The molecule has 5 nitrogen and oxygen atoms in total. The number of thioether (sulfide) groups is 1. The van der Waals surface area contributed by atoms with Crippen molar-refractivity contribution in [3.63, 3.8) is 0 Å². The predicted molar refractivity (Wildman–Crippen MR) is 76.7 cm³/mol. The zero-order chi connectivity index (χ0) is 15.1. The first-order chi connectivity index (χ1) is 9.30. The molecular weight excluding hydrogens is 298 g/mol. The van der Waals surface area contributed by atoms with Gasteiger partial charge in [-0.3, -0.25) is 14.5 Å². The largest absolute Gasteiger partial charge is 0.276 e. The van der Waals surface area contributed by atoms with Crippen LogP contribution in [-0.4, -0.2) is 38.4 Å². The lowest BCUT2D eigenvalue weighted by atomic mass is 10.2. The number of imide groups is 1. The molecule has 0 bridgehead atoms. The monoisotopic (exact) mass is 311 g/mol. The van der Waals surface area contributed by atoms with E-state index in [0.29, 0.717) is 0 Å². The van der Waals surface area contributed by atoms with Crippen LogP contribution in [0.15, 0.2) is 39.0 Å². The molecule has 2 amide bonds. The van der Waals surface area contributed by atoms with Crippen LogP contribution in [0.25, 0.3) is 0 Å². The minimum absolute atomic E-state index is 0.0149. The zero-order valence-electron chi connectivity index (χ0n) is 11.2. The average molecular weight is 311 g/mol. The Bertz CT molecular complexity index is 717. The van der Waals surface area contributed by atoms with Crippen molar-refractivity contribution in [2.75, 3.05) is 13.3 Å². The topological polar surface area (TPSA) is 71.5 Å². The molecule has 0 fully saturated rings. The van der Waals surface area contributed by atoms with Gasteiger partial charge in [-0.25, -0.2) is 8.42 Å². The summed E-state index contributed by atoms with van der Waals surface area (Å²) in [7, 11) is -2.71. The Morgan fingerprint density at radius 3 is 2.10 bits per heavy atom. The Balaban J connectivity index is 2.64. The summed E-state index contributed by atoms with van der Waals surface area (Å²) in [5.74, 6) is -1.35. The number of hydrogen-bond donors (Lipinski definition) is 0. The molecule has 0 aliphatic carbocycles. The average Bonchev–Trinajstić information content (AvgIpc) is 2.63. The van der Waals surface area contributed by atoms with E-state index in [1.807, 2.05) is 6.92 Å². The molecule has 1 aromatic rings. The molecule has 0 saturated heterocycles. The second-order valence-electron chi connectivity index (χ2n) is 4.35. The Morgan fingerprint density at radius 2 is 1.60 bits per heavy atom. The quantitative estimate of drug-likeness (QED) is 0.788. The first-order valence-electron chi connectivity index (χ1n) is 5.73. The van der Waals surface area contributed by atoms with Gasteiger partial charge in [0.2, 0.25) is 9.84 Å². The highest BCUT2D eigenvalue weighted by atomic mass is 32.2. The van der Waals surface area contributed by atoms with Crippen molar-refractivity contribution in [3.05, 3.63) is 39.6 Å². The summed E-state index contributed by atoms with van der Waals surface area (Å²) in [5, 5.41) is 0. The van der Waals surface area contributed by atoms with E-state index in [-0.39, 0.29) is 9.80 Å². The third-order valence-corrected chi connectivity index (χ3v) is 5.73. The SMILES string of the molecule is CSC1=C(S(=O)(=O)c2ccc(C)cc2)C(=O)N(C)C1=O. The number of sulfone groups is 1. The van der Waals surface area contributed by atoms with Gasteiger partial charge >= 0.3 is 0 Å². The standard InChI is InChI=1S/C13H13NO4S2/c1-8-4-6-9(7-5-8)20(17,18)11-10(19-3)12(15)14(2)13(11)16/h4-7H,1-3H3. The summed E-state index contributed by atoms with van der Waals surface area (Å²) in [5.41, 5.74) is 0.911. The molecule has 0 spiro atoms. The van der Waals surface area contributed by atoms with Gasteiger partial charge in [-0.15, -0.1) is 11.8 Å². The van der Waals surface area contributed by atoms with Gasteiger partial charge in [0.1, 0.15) is 0 Å². The van der Waals surface area contributed by atoms with E-state index in [1.54, 1.807) is 18.4 Å².